The topological polar surface area (TPSA) is 51.9 Å². The Hall–Kier alpha value is -1.95. The molecule has 0 unspecified atom stereocenters. The Bertz CT molecular complexity index is 652. The molecule has 1 amide bonds. The predicted molar refractivity (Wildman–Crippen MR) is 76.6 cm³/mol. The number of hydrogen-bond acceptors (Lipinski definition) is 4. The third-order valence-electron chi connectivity index (χ3n) is 3.00. The number of carbonyl (C=O) groups is 1. The number of ether oxygens (including phenoxy) is 2. The largest absolute Gasteiger partial charge is 0.486 e. The number of benzene rings is 1. The number of furan rings is 1. The molecule has 1 aromatic carbocycles. The van der Waals surface area contributed by atoms with Crippen LogP contribution in [-0.2, 0) is 0 Å². The van der Waals surface area contributed by atoms with Gasteiger partial charge in [-0.25, -0.2) is 0 Å². The highest BCUT2D eigenvalue weighted by atomic mass is 79.9. The minimum Gasteiger partial charge on any atom is -0.486 e. The van der Waals surface area contributed by atoms with Gasteiger partial charge in [-0.1, -0.05) is 0 Å². The molecule has 0 N–H and O–H groups in total. The average molecular weight is 338 g/mol. The molecule has 1 aromatic heterocycles. The number of carbonyl (C=O) groups excluding carboxylic acids is 1. The lowest BCUT2D eigenvalue weighted by Gasteiger charge is -2.21. The van der Waals surface area contributed by atoms with E-state index in [1.165, 1.54) is 4.90 Å². The molecule has 0 radical (unpaired) electrons. The normalized spacial score (nSPS) is 13.1. The van der Waals surface area contributed by atoms with Crippen LogP contribution in [0.15, 0.2) is 39.4 Å². The number of rotatable bonds is 2. The van der Waals surface area contributed by atoms with Gasteiger partial charge in [-0.15, -0.1) is 0 Å². The Kier molecular flexibility index (Phi) is 3.40. The first-order valence-electron chi connectivity index (χ1n) is 6.08. The number of anilines is 1. The quantitative estimate of drug-likeness (QED) is 0.844. The molecule has 0 saturated heterocycles. The minimum atomic E-state index is -0.229. The minimum absolute atomic E-state index is 0.229. The van der Waals surface area contributed by atoms with Gasteiger partial charge in [-0.2, -0.15) is 0 Å². The van der Waals surface area contributed by atoms with Gasteiger partial charge in [-0.05, 0) is 40.2 Å². The van der Waals surface area contributed by atoms with Gasteiger partial charge in [0.15, 0.2) is 21.9 Å². The van der Waals surface area contributed by atoms with E-state index >= 15 is 0 Å². The van der Waals surface area contributed by atoms with Gasteiger partial charge in [-0.3, -0.25) is 4.79 Å². The van der Waals surface area contributed by atoms with Crippen molar-refractivity contribution >= 4 is 27.5 Å². The maximum Gasteiger partial charge on any atom is 0.293 e. The van der Waals surface area contributed by atoms with E-state index < -0.39 is 0 Å². The van der Waals surface area contributed by atoms with Crippen molar-refractivity contribution in [1.29, 1.82) is 0 Å². The molecule has 0 fully saturated rings. The second-order valence-corrected chi connectivity index (χ2v) is 5.08. The van der Waals surface area contributed by atoms with Gasteiger partial charge >= 0.3 is 0 Å². The highest BCUT2D eigenvalue weighted by Crippen LogP contribution is 2.34. The molecule has 20 heavy (non-hydrogen) atoms. The standard InChI is InChI=1S/C14H12BrNO4/c1-16(14(17)11-4-5-13(15)20-11)9-2-3-10-12(8-9)19-7-6-18-10/h2-5,8H,6-7H2,1H3. The first-order chi connectivity index (χ1) is 9.65. The molecule has 104 valence electrons. The maximum atomic E-state index is 12.3. The Morgan fingerprint density at radius 1 is 1.15 bits per heavy atom. The van der Waals surface area contributed by atoms with Gasteiger partial charge in [0.25, 0.3) is 5.91 Å². The first kappa shape index (κ1) is 13.1. The molecule has 0 atom stereocenters. The van der Waals surface area contributed by atoms with E-state index in [4.69, 9.17) is 13.9 Å². The lowest BCUT2D eigenvalue weighted by atomic mass is 10.2. The van der Waals surface area contributed by atoms with E-state index in [1.807, 2.05) is 6.07 Å². The lowest BCUT2D eigenvalue weighted by molar-refractivity contribution is 0.0965. The van der Waals surface area contributed by atoms with Crippen LogP contribution in [0, 0.1) is 0 Å². The van der Waals surface area contributed by atoms with Crippen LogP contribution in [0.2, 0.25) is 0 Å². The second-order valence-electron chi connectivity index (χ2n) is 4.30. The fourth-order valence-corrected chi connectivity index (χ4v) is 2.26. The van der Waals surface area contributed by atoms with Gasteiger partial charge in [0, 0.05) is 18.8 Å². The molecule has 0 bridgehead atoms. The molecule has 2 heterocycles. The van der Waals surface area contributed by atoms with Crippen LogP contribution in [0.1, 0.15) is 10.6 Å². The van der Waals surface area contributed by atoms with Crippen molar-refractivity contribution in [3.8, 4) is 11.5 Å². The molecular weight excluding hydrogens is 326 g/mol. The molecule has 5 nitrogen and oxygen atoms in total. The zero-order valence-corrected chi connectivity index (χ0v) is 12.3. The van der Waals surface area contributed by atoms with Crippen LogP contribution in [-0.4, -0.2) is 26.2 Å². The summed E-state index contributed by atoms with van der Waals surface area (Å²) < 4.78 is 16.8. The van der Waals surface area contributed by atoms with E-state index in [1.54, 1.807) is 31.3 Å². The Morgan fingerprint density at radius 3 is 2.60 bits per heavy atom. The maximum absolute atomic E-state index is 12.3. The number of halogens is 1. The second kappa shape index (κ2) is 5.20. The SMILES string of the molecule is CN(C(=O)c1ccc(Br)o1)c1ccc2c(c1)OCCO2. The van der Waals surface area contributed by atoms with E-state index in [0.29, 0.717) is 35.1 Å². The summed E-state index contributed by atoms with van der Waals surface area (Å²) in [4.78, 5) is 13.8. The number of nitrogens with zero attached hydrogens (tertiary/aromatic N) is 1. The van der Waals surface area contributed by atoms with E-state index in [2.05, 4.69) is 15.9 Å². The van der Waals surface area contributed by atoms with Gasteiger partial charge in [0.05, 0.1) is 0 Å². The molecular formula is C14H12BrNO4. The predicted octanol–water partition coefficient (Wildman–Crippen LogP) is 3.09. The summed E-state index contributed by atoms with van der Waals surface area (Å²) in [5, 5.41) is 0. The van der Waals surface area contributed by atoms with Crippen LogP contribution in [0.5, 0.6) is 11.5 Å². The van der Waals surface area contributed by atoms with Crippen LogP contribution >= 0.6 is 15.9 Å². The summed E-state index contributed by atoms with van der Waals surface area (Å²) >= 11 is 3.18. The zero-order chi connectivity index (χ0) is 14.1. The molecule has 0 aliphatic carbocycles. The summed E-state index contributed by atoms with van der Waals surface area (Å²) in [5.41, 5.74) is 0.715. The number of amides is 1. The van der Waals surface area contributed by atoms with Crippen LogP contribution < -0.4 is 14.4 Å². The van der Waals surface area contributed by atoms with Crippen molar-refractivity contribution in [3.63, 3.8) is 0 Å². The first-order valence-corrected chi connectivity index (χ1v) is 6.87. The summed E-state index contributed by atoms with van der Waals surface area (Å²) in [5.74, 6) is 1.39. The summed E-state index contributed by atoms with van der Waals surface area (Å²) in [7, 11) is 1.68. The van der Waals surface area contributed by atoms with Crippen LogP contribution in [0.25, 0.3) is 0 Å². The Labute approximate surface area is 124 Å². The summed E-state index contributed by atoms with van der Waals surface area (Å²) in [6, 6.07) is 8.70. The monoisotopic (exact) mass is 337 g/mol. The van der Waals surface area contributed by atoms with E-state index in [-0.39, 0.29) is 11.7 Å². The lowest BCUT2D eigenvalue weighted by Crippen LogP contribution is -2.26. The van der Waals surface area contributed by atoms with Gasteiger partial charge in [0.1, 0.15) is 13.2 Å². The van der Waals surface area contributed by atoms with Crippen LogP contribution in [0.3, 0.4) is 0 Å². The van der Waals surface area contributed by atoms with E-state index in [9.17, 15) is 4.79 Å². The number of hydrogen-bond donors (Lipinski definition) is 0. The molecule has 6 heteroatoms. The number of fused-ring (bicyclic) bond motifs is 1. The highest BCUT2D eigenvalue weighted by Gasteiger charge is 2.19. The Balaban J connectivity index is 1.86. The molecule has 2 aromatic rings. The van der Waals surface area contributed by atoms with Gasteiger partial charge < -0.3 is 18.8 Å². The molecule has 1 aliphatic heterocycles. The fraction of sp³-hybridized carbons (Fsp3) is 0.214. The average Bonchev–Trinajstić information content (AvgIpc) is 2.92. The van der Waals surface area contributed by atoms with Crippen molar-refractivity contribution < 1.29 is 18.7 Å². The van der Waals surface area contributed by atoms with Crippen molar-refractivity contribution in [2.24, 2.45) is 0 Å². The smallest absolute Gasteiger partial charge is 0.293 e. The molecule has 0 saturated carbocycles. The zero-order valence-electron chi connectivity index (χ0n) is 10.8. The third kappa shape index (κ3) is 2.38. The van der Waals surface area contributed by atoms with Crippen molar-refractivity contribution in [2.45, 2.75) is 0 Å². The van der Waals surface area contributed by atoms with Crippen LogP contribution in [0.4, 0.5) is 5.69 Å². The Morgan fingerprint density at radius 2 is 1.90 bits per heavy atom. The van der Waals surface area contributed by atoms with Crippen molar-refractivity contribution in [2.75, 3.05) is 25.2 Å². The third-order valence-corrected chi connectivity index (χ3v) is 3.43. The van der Waals surface area contributed by atoms with E-state index in [0.717, 1.165) is 0 Å². The summed E-state index contributed by atoms with van der Waals surface area (Å²) in [6.45, 7) is 1.06. The van der Waals surface area contributed by atoms with Gasteiger partial charge in [0.2, 0.25) is 0 Å². The van der Waals surface area contributed by atoms with Crippen molar-refractivity contribution in [3.05, 3.63) is 40.8 Å². The molecule has 1 aliphatic rings. The van der Waals surface area contributed by atoms with Crippen molar-refractivity contribution in [1.82, 2.24) is 0 Å². The molecule has 3 rings (SSSR count). The summed E-state index contributed by atoms with van der Waals surface area (Å²) in [6.07, 6.45) is 0. The highest BCUT2D eigenvalue weighted by molar-refractivity contribution is 9.10. The molecule has 0 spiro atoms. The fourth-order valence-electron chi connectivity index (χ4n) is 1.95.